The van der Waals surface area contributed by atoms with Gasteiger partial charge in [0.1, 0.15) is 0 Å². The van der Waals surface area contributed by atoms with Crippen molar-refractivity contribution in [2.75, 3.05) is 10.7 Å². The number of thioether (sulfide) groups is 1. The lowest BCUT2D eigenvalue weighted by molar-refractivity contribution is -0.116. The van der Waals surface area contributed by atoms with E-state index in [1.807, 2.05) is 82.3 Å². The van der Waals surface area contributed by atoms with E-state index in [0.29, 0.717) is 16.0 Å². The van der Waals surface area contributed by atoms with Crippen molar-refractivity contribution in [1.82, 2.24) is 14.8 Å². The molecule has 5 rings (SSSR count). The number of aromatic nitrogens is 3. The average Bonchev–Trinajstić information content (AvgIpc) is 3.39. The van der Waals surface area contributed by atoms with Gasteiger partial charge in [0, 0.05) is 28.0 Å². The molecule has 160 valence electrons. The van der Waals surface area contributed by atoms with Crippen LogP contribution in [-0.4, -0.2) is 32.5 Å². The summed E-state index contributed by atoms with van der Waals surface area (Å²) in [4.78, 5) is 15.1. The van der Waals surface area contributed by atoms with E-state index in [1.54, 1.807) is 0 Å². The molecule has 2 heterocycles. The van der Waals surface area contributed by atoms with Crippen LogP contribution in [0.1, 0.15) is 12.5 Å². The molecule has 1 aromatic heterocycles. The smallest absolute Gasteiger partial charge is 0.237 e. The number of fused-ring (bicyclic) bond motifs is 1. The number of hydrogen-bond donors (Lipinski definition) is 0. The maximum Gasteiger partial charge on any atom is 0.237 e. The summed E-state index contributed by atoms with van der Waals surface area (Å²) in [6.07, 6.45) is 0.882. The van der Waals surface area contributed by atoms with Gasteiger partial charge in [0.15, 0.2) is 11.0 Å². The SMILES string of the molecule is CC1Cc2ccccc2N1C(=O)CSc1nnc(-c2ccc(Cl)cc2)n1-c1ccccc1. The number of carbonyl (C=O) groups is 1. The standard InChI is InChI=1S/C25H21ClN4OS/c1-17-15-19-7-5-6-10-22(19)29(17)23(31)16-32-25-28-27-24(18-11-13-20(26)14-12-18)30(25)21-8-3-2-4-9-21/h2-14,17H,15-16H2,1H3. The minimum absolute atomic E-state index is 0.0723. The number of carbonyl (C=O) groups excluding carboxylic acids is 1. The van der Waals surface area contributed by atoms with Crippen LogP contribution in [0.25, 0.3) is 17.1 Å². The number of hydrogen-bond acceptors (Lipinski definition) is 4. The second kappa shape index (κ2) is 8.81. The Kier molecular flexibility index (Phi) is 5.72. The Morgan fingerprint density at radius 1 is 1.00 bits per heavy atom. The molecule has 32 heavy (non-hydrogen) atoms. The minimum Gasteiger partial charge on any atom is -0.308 e. The maximum absolute atomic E-state index is 13.2. The summed E-state index contributed by atoms with van der Waals surface area (Å²) in [5.74, 6) is 1.07. The summed E-state index contributed by atoms with van der Waals surface area (Å²) < 4.78 is 1.99. The fraction of sp³-hybridized carbons (Fsp3) is 0.160. The predicted molar refractivity (Wildman–Crippen MR) is 130 cm³/mol. The molecule has 3 aromatic carbocycles. The highest BCUT2D eigenvalue weighted by Crippen LogP contribution is 2.34. The molecule has 0 fully saturated rings. The Labute approximate surface area is 196 Å². The molecular formula is C25H21ClN4OS. The summed E-state index contributed by atoms with van der Waals surface area (Å²) in [5.41, 5.74) is 4.08. The molecule has 0 N–H and O–H groups in total. The highest BCUT2D eigenvalue weighted by molar-refractivity contribution is 7.99. The van der Waals surface area contributed by atoms with Crippen molar-refractivity contribution in [3.05, 3.63) is 89.4 Å². The molecule has 1 atom stereocenters. The van der Waals surface area contributed by atoms with E-state index in [9.17, 15) is 4.79 Å². The molecule has 0 saturated heterocycles. The van der Waals surface area contributed by atoms with Crippen LogP contribution in [0.3, 0.4) is 0 Å². The second-order valence-corrected chi connectivity index (χ2v) is 9.10. The Morgan fingerprint density at radius 3 is 2.50 bits per heavy atom. The lowest BCUT2D eigenvalue weighted by Crippen LogP contribution is -2.37. The van der Waals surface area contributed by atoms with Crippen molar-refractivity contribution in [3.63, 3.8) is 0 Å². The molecule has 5 nitrogen and oxygen atoms in total. The van der Waals surface area contributed by atoms with Gasteiger partial charge in [0.2, 0.25) is 5.91 Å². The highest BCUT2D eigenvalue weighted by Gasteiger charge is 2.30. The van der Waals surface area contributed by atoms with Crippen LogP contribution in [0.5, 0.6) is 0 Å². The minimum atomic E-state index is 0.0723. The van der Waals surface area contributed by atoms with Gasteiger partial charge in [0.05, 0.1) is 5.75 Å². The number of rotatable bonds is 5. The molecule has 0 bridgehead atoms. The molecule has 1 aliphatic heterocycles. The van der Waals surface area contributed by atoms with Crippen LogP contribution in [0.15, 0.2) is 84.0 Å². The fourth-order valence-corrected chi connectivity index (χ4v) is 5.04. The van der Waals surface area contributed by atoms with Crippen LogP contribution in [-0.2, 0) is 11.2 Å². The topological polar surface area (TPSA) is 51.0 Å². The third-order valence-electron chi connectivity index (χ3n) is 5.55. The molecule has 1 unspecified atom stereocenters. The molecule has 1 aliphatic rings. The summed E-state index contributed by atoms with van der Waals surface area (Å²) in [7, 11) is 0. The van der Waals surface area contributed by atoms with E-state index in [2.05, 4.69) is 23.2 Å². The molecule has 0 saturated carbocycles. The third kappa shape index (κ3) is 3.92. The first-order chi connectivity index (χ1) is 15.6. The Hall–Kier alpha value is -3.09. The molecule has 0 aliphatic carbocycles. The molecule has 7 heteroatoms. The lowest BCUT2D eigenvalue weighted by atomic mass is 10.1. The zero-order chi connectivity index (χ0) is 22.1. The Morgan fingerprint density at radius 2 is 1.72 bits per heavy atom. The van der Waals surface area contributed by atoms with Gasteiger partial charge in [-0.25, -0.2) is 0 Å². The van der Waals surface area contributed by atoms with Crippen LogP contribution in [0.4, 0.5) is 5.69 Å². The second-order valence-electron chi connectivity index (χ2n) is 7.72. The first-order valence-corrected chi connectivity index (χ1v) is 11.8. The van der Waals surface area contributed by atoms with E-state index >= 15 is 0 Å². The van der Waals surface area contributed by atoms with Gasteiger partial charge in [-0.1, -0.05) is 59.8 Å². The van der Waals surface area contributed by atoms with E-state index in [0.717, 1.165) is 23.4 Å². The van der Waals surface area contributed by atoms with Crippen molar-refractivity contribution < 1.29 is 4.79 Å². The van der Waals surface area contributed by atoms with Crippen molar-refractivity contribution >= 4 is 35.0 Å². The van der Waals surface area contributed by atoms with E-state index in [4.69, 9.17) is 11.6 Å². The predicted octanol–water partition coefficient (Wildman–Crippen LogP) is 5.66. The van der Waals surface area contributed by atoms with Crippen LogP contribution in [0, 0.1) is 0 Å². The van der Waals surface area contributed by atoms with Crippen molar-refractivity contribution in [1.29, 1.82) is 0 Å². The third-order valence-corrected chi connectivity index (χ3v) is 6.72. The zero-order valence-corrected chi connectivity index (χ0v) is 19.1. The number of para-hydroxylation sites is 2. The first-order valence-electron chi connectivity index (χ1n) is 10.4. The Bertz CT molecular complexity index is 1260. The van der Waals surface area contributed by atoms with Gasteiger partial charge in [-0.05, 0) is 61.4 Å². The first kappa shape index (κ1) is 20.8. The van der Waals surface area contributed by atoms with Crippen LogP contribution < -0.4 is 4.90 Å². The van der Waals surface area contributed by atoms with Gasteiger partial charge in [-0.3, -0.25) is 9.36 Å². The van der Waals surface area contributed by atoms with Gasteiger partial charge in [-0.15, -0.1) is 10.2 Å². The van der Waals surface area contributed by atoms with E-state index in [1.165, 1.54) is 17.3 Å². The van der Waals surface area contributed by atoms with Crippen LogP contribution >= 0.6 is 23.4 Å². The number of benzene rings is 3. The average molecular weight is 461 g/mol. The fourth-order valence-electron chi connectivity index (χ4n) is 4.10. The van der Waals surface area contributed by atoms with E-state index in [-0.39, 0.29) is 17.7 Å². The van der Waals surface area contributed by atoms with E-state index < -0.39 is 0 Å². The quantitative estimate of drug-likeness (QED) is 0.361. The zero-order valence-electron chi connectivity index (χ0n) is 17.5. The number of halogens is 1. The van der Waals surface area contributed by atoms with Crippen LogP contribution in [0.2, 0.25) is 5.02 Å². The highest BCUT2D eigenvalue weighted by atomic mass is 35.5. The number of nitrogens with zero attached hydrogens (tertiary/aromatic N) is 4. The lowest BCUT2D eigenvalue weighted by Gasteiger charge is -2.22. The van der Waals surface area contributed by atoms with Gasteiger partial charge in [0.25, 0.3) is 0 Å². The molecular weight excluding hydrogens is 440 g/mol. The summed E-state index contributed by atoms with van der Waals surface area (Å²) in [6, 6.07) is 25.7. The summed E-state index contributed by atoms with van der Waals surface area (Å²) in [6.45, 7) is 2.09. The number of anilines is 1. The van der Waals surface area contributed by atoms with Crippen molar-refractivity contribution in [3.8, 4) is 17.1 Å². The summed E-state index contributed by atoms with van der Waals surface area (Å²) >= 11 is 7.47. The monoisotopic (exact) mass is 460 g/mol. The summed E-state index contributed by atoms with van der Waals surface area (Å²) in [5, 5.41) is 10.2. The normalized spacial score (nSPS) is 15.1. The van der Waals surface area contributed by atoms with Gasteiger partial charge in [-0.2, -0.15) is 0 Å². The maximum atomic E-state index is 13.2. The van der Waals surface area contributed by atoms with Crippen molar-refractivity contribution in [2.24, 2.45) is 0 Å². The van der Waals surface area contributed by atoms with Crippen molar-refractivity contribution in [2.45, 2.75) is 24.5 Å². The molecule has 4 aromatic rings. The molecule has 0 spiro atoms. The number of amides is 1. The van der Waals surface area contributed by atoms with Gasteiger partial charge >= 0.3 is 0 Å². The Balaban J connectivity index is 1.44. The molecule has 1 amide bonds. The van der Waals surface area contributed by atoms with Gasteiger partial charge < -0.3 is 4.90 Å². The largest absolute Gasteiger partial charge is 0.308 e. The molecule has 0 radical (unpaired) electrons.